The van der Waals surface area contributed by atoms with Crippen molar-refractivity contribution >= 4 is 11.9 Å². The number of esters is 1. The third-order valence-corrected chi connectivity index (χ3v) is 4.06. The Morgan fingerprint density at radius 3 is 1.88 bits per heavy atom. The fourth-order valence-electron chi connectivity index (χ4n) is 2.66. The second kappa shape index (κ2) is 16.5. The van der Waals surface area contributed by atoms with Gasteiger partial charge in [0, 0.05) is 6.92 Å². The maximum Gasteiger partial charge on any atom is 0.345 e. The Morgan fingerprint density at radius 1 is 0.875 bits per heavy atom. The summed E-state index contributed by atoms with van der Waals surface area (Å²) >= 11 is 0. The highest BCUT2D eigenvalue weighted by molar-refractivity contribution is 5.76. The predicted octanol–water partition coefficient (Wildman–Crippen LogP) is 5.65. The molecule has 0 heterocycles. The van der Waals surface area contributed by atoms with Gasteiger partial charge in [-0.05, 0) is 38.5 Å². The lowest BCUT2D eigenvalue weighted by Crippen LogP contribution is -2.25. The fourth-order valence-corrected chi connectivity index (χ4v) is 2.66. The first-order valence-electron chi connectivity index (χ1n) is 9.63. The molecule has 0 aliphatic heterocycles. The number of ether oxygens (including phenoxy) is 1. The highest BCUT2D eigenvalue weighted by Gasteiger charge is 2.19. The molecular weight excluding hydrogens is 304 g/mol. The van der Waals surface area contributed by atoms with E-state index in [4.69, 9.17) is 9.84 Å². The van der Waals surface area contributed by atoms with Gasteiger partial charge in [-0.1, -0.05) is 64.0 Å². The number of carbonyl (C=O) groups excluding carboxylic acids is 1. The molecule has 1 atom stereocenters. The van der Waals surface area contributed by atoms with Gasteiger partial charge in [-0.2, -0.15) is 0 Å². The van der Waals surface area contributed by atoms with Crippen LogP contribution in [-0.2, 0) is 14.3 Å². The summed E-state index contributed by atoms with van der Waals surface area (Å²) < 4.78 is 4.78. The Labute approximate surface area is 147 Å². The first-order valence-corrected chi connectivity index (χ1v) is 9.63. The molecule has 0 radical (unpaired) electrons. The van der Waals surface area contributed by atoms with E-state index in [9.17, 15) is 9.59 Å². The van der Waals surface area contributed by atoms with E-state index in [1.54, 1.807) is 0 Å². The Bertz CT molecular complexity index is 350. The molecule has 0 aromatic rings. The summed E-state index contributed by atoms with van der Waals surface area (Å²) in [5.74, 6) is -1.58. The van der Waals surface area contributed by atoms with Crippen LogP contribution in [0.2, 0.25) is 0 Å². The molecule has 0 aromatic heterocycles. The van der Waals surface area contributed by atoms with E-state index in [0.29, 0.717) is 6.42 Å². The number of hydrogen-bond donors (Lipinski definition) is 1. The van der Waals surface area contributed by atoms with Crippen molar-refractivity contribution in [2.45, 2.75) is 103 Å². The molecule has 140 valence electrons. The largest absolute Gasteiger partial charge is 0.479 e. The van der Waals surface area contributed by atoms with E-state index in [1.165, 1.54) is 51.9 Å². The summed E-state index contributed by atoms with van der Waals surface area (Å²) in [5, 5.41) is 8.94. The average molecular weight is 341 g/mol. The zero-order valence-corrected chi connectivity index (χ0v) is 15.6. The maximum atomic E-state index is 10.9. The maximum absolute atomic E-state index is 10.9. The molecule has 0 aliphatic rings. The van der Waals surface area contributed by atoms with Crippen molar-refractivity contribution in [1.82, 2.24) is 0 Å². The van der Waals surface area contributed by atoms with Gasteiger partial charge in [0.2, 0.25) is 0 Å². The summed E-state index contributed by atoms with van der Waals surface area (Å²) in [7, 11) is 0. The summed E-state index contributed by atoms with van der Waals surface area (Å²) in [5.41, 5.74) is 0. The van der Waals surface area contributed by atoms with Crippen LogP contribution >= 0.6 is 0 Å². The predicted molar refractivity (Wildman–Crippen MR) is 98.0 cm³/mol. The third-order valence-electron chi connectivity index (χ3n) is 4.06. The standard InChI is InChI=1S/C20H36O4/c1-3-4-5-6-7-8-9-10-11-12-13-14-15-16-17-19(20(22)23)24-18(2)21/h10-11,19H,3-9,12-17H2,1-2H3,(H,22,23)/b11-10-. The SMILES string of the molecule is CCCCCCCC/C=C\CCCCCCC(OC(C)=O)C(=O)O. The molecule has 24 heavy (non-hydrogen) atoms. The van der Waals surface area contributed by atoms with E-state index in [0.717, 1.165) is 32.1 Å². The van der Waals surface area contributed by atoms with Gasteiger partial charge < -0.3 is 9.84 Å². The zero-order valence-electron chi connectivity index (χ0n) is 15.6. The van der Waals surface area contributed by atoms with Crippen LogP contribution in [0.1, 0.15) is 97.3 Å². The number of aliphatic carboxylic acids is 1. The smallest absolute Gasteiger partial charge is 0.345 e. The Morgan fingerprint density at radius 2 is 1.38 bits per heavy atom. The second-order valence-corrected chi connectivity index (χ2v) is 6.46. The number of rotatable bonds is 16. The first kappa shape index (κ1) is 22.7. The first-order chi connectivity index (χ1) is 11.6. The molecule has 0 fully saturated rings. The Kier molecular flexibility index (Phi) is 15.6. The Hall–Kier alpha value is -1.32. The summed E-state index contributed by atoms with van der Waals surface area (Å²) in [6.45, 7) is 3.49. The molecule has 0 amide bonds. The normalized spacial score (nSPS) is 12.4. The monoisotopic (exact) mass is 340 g/mol. The Balaban J connectivity index is 3.42. The topological polar surface area (TPSA) is 63.6 Å². The van der Waals surface area contributed by atoms with Crippen molar-refractivity contribution < 1.29 is 19.4 Å². The van der Waals surface area contributed by atoms with Crippen molar-refractivity contribution in [3.05, 3.63) is 12.2 Å². The van der Waals surface area contributed by atoms with Crippen LogP contribution in [0, 0.1) is 0 Å². The van der Waals surface area contributed by atoms with Crippen LogP contribution < -0.4 is 0 Å². The summed E-state index contributed by atoms with van der Waals surface area (Å²) in [6.07, 6.45) is 18.3. The molecule has 0 aromatic carbocycles. The molecule has 1 N–H and O–H groups in total. The lowest BCUT2D eigenvalue weighted by atomic mass is 10.1. The molecule has 1 unspecified atom stereocenters. The minimum Gasteiger partial charge on any atom is -0.479 e. The second-order valence-electron chi connectivity index (χ2n) is 6.46. The van der Waals surface area contributed by atoms with Crippen LogP contribution in [0.5, 0.6) is 0 Å². The highest BCUT2D eigenvalue weighted by Crippen LogP contribution is 2.11. The van der Waals surface area contributed by atoms with Crippen molar-refractivity contribution in [2.75, 3.05) is 0 Å². The molecule has 0 saturated heterocycles. The molecule has 4 heteroatoms. The van der Waals surface area contributed by atoms with Gasteiger partial charge in [0.1, 0.15) is 0 Å². The zero-order chi connectivity index (χ0) is 18.0. The summed E-state index contributed by atoms with van der Waals surface area (Å²) in [4.78, 5) is 21.7. The van der Waals surface area contributed by atoms with E-state index >= 15 is 0 Å². The van der Waals surface area contributed by atoms with Gasteiger partial charge >= 0.3 is 11.9 Å². The van der Waals surface area contributed by atoms with Crippen molar-refractivity contribution in [3.8, 4) is 0 Å². The quantitative estimate of drug-likeness (QED) is 0.224. The molecule has 0 rings (SSSR count). The van der Waals surface area contributed by atoms with Crippen LogP contribution in [0.3, 0.4) is 0 Å². The highest BCUT2D eigenvalue weighted by atomic mass is 16.6. The minimum atomic E-state index is -1.05. The third kappa shape index (κ3) is 15.6. The molecule has 0 saturated carbocycles. The number of allylic oxidation sites excluding steroid dienone is 2. The van der Waals surface area contributed by atoms with Crippen LogP contribution in [-0.4, -0.2) is 23.1 Å². The number of unbranched alkanes of at least 4 members (excludes halogenated alkanes) is 10. The molecule has 0 spiro atoms. The lowest BCUT2D eigenvalue weighted by Gasteiger charge is -2.11. The molecule has 0 bridgehead atoms. The average Bonchev–Trinajstić information content (AvgIpc) is 2.53. The van der Waals surface area contributed by atoms with Gasteiger partial charge in [-0.15, -0.1) is 0 Å². The van der Waals surface area contributed by atoms with E-state index < -0.39 is 18.0 Å². The number of carboxylic acid groups (broad SMARTS) is 1. The van der Waals surface area contributed by atoms with Gasteiger partial charge in [-0.25, -0.2) is 4.79 Å². The van der Waals surface area contributed by atoms with E-state index in [2.05, 4.69) is 19.1 Å². The van der Waals surface area contributed by atoms with Crippen molar-refractivity contribution in [1.29, 1.82) is 0 Å². The lowest BCUT2D eigenvalue weighted by molar-refractivity contribution is -0.163. The van der Waals surface area contributed by atoms with Crippen LogP contribution in [0.25, 0.3) is 0 Å². The van der Waals surface area contributed by atoms with Gasteiger partial charge in [-0.3, -0.25) is 4.79 Å². The number of hydrogen-bond acceptors (Lipinski definition) is 3. The van der Waals surface area contributed by atoms with E-state index in [1.807, 2.05) is 0 Å². The van der Waals surface area contributed by atoms with Crippen LogP contribution in [0.15, 0.2) is 12.2 Å². The number of carboxylic acids is 1. The van der Waals surface area contributed by atoms with Gasteiger partial charge in [0.15, 0.2) is 6.10 Å². The number of carbonyl (C=O) groups is 2. The molecule has 4 nitrogen and oxygen atoms in total. The van der Waals surface area contributed by atoms with Gasteiger partial charge in [0.05, 0.1) is 0 Å². The minimum absolute atomic E-state index is 0.406. The van der Waals surface area contributed by atoms with Crippen molar-refractivity contribution in [2.24, 2.45) is 0 Å². The molecule has 0 aliphatic carbocycles. The fraction of sp³-hybridized carbons (Fsp3) is 0.800. The van der Waals surface area contributed by atoms with Crippen molar-refractivity contribution in [3.63, 3.8) is 0 Å². The molecular formula is C20H36O4. The van der Waals surface area contributed by atoms with E-state index in [-0.39, 0.29) is 0 Å². The van der Waals surface area contributed by atoms with Crippen LogP contribution in [0.4, 0.5) is 0 Å². The summed E-state index contributed by atoms with van der Waals surface area (Å²) in [6, 6.07) is 0. The van der Waals surface area contributed by atoms with Gasteiger partial charge in [0.25, 0.3) is 0 Å².